The molecule has 1 saturated carbocycles. The van der Waals surface area contributed by atoms with E-state index in [2.05, 4.69) is 10.2 Å². The number of nitrogens with one attached hydrogen (secondary N) is 1. The normalized spacial score (nSPS) is 29.4. The van der Waals surface area contributed by atoms with Gasteiger partial charge in [-0.3, -0.25) is 9.69 Å². The van der Waals surface area contributed by atoms with Crippen LogP contribution in [-0.4, -0.2) is 61.0 Å². The van der Waals surface area contributed by atoms with Crippen LogP contribution in [-0.2, 0) is 4.79 Å². The van der Waals surface area contributed by atoms with Crippen molar-refractivity contribution < 1.29 is 13.6 Å². The summed E-state index contributed by atoms with van der Waals surface area (Å²) in [4.78, 5) is 17.1. The summed E-state index contributed by atoms with van der Waals surface area (Å²) in [5, 5.41) is 3.35. The van der Waals surface area contributed by atoms with E-state index in [0.29, 0.717) is 18.0 Å². The van der Waals surface area contributed by atoms with E-state index in [-0.39, 0.29) is 30.2 Å². The molecule has 0 radical (unpaired) electrons. The van der Waals surface area contributed by atoms with Gasteiger partial charge in [0.1, 0.15) is 11.6 Å². The van der Waals surface area contributed by atoms with Crippen molar-refractivity contribution in [3.8, 4) is 0 Å². The zero-order valence-corrected chi connectivity index (χ0v) is 14.9. The number of carbonyl (C=O) groups excluding carboxylic acids is 1. The van der Waals surface area contributed by atoms with Gasteiger partial charge >= 0.3 is 0 Å². The first kappa shape index (κ1) is 18.5. The second kappa shape index (κ2) is 7.56. The second-order valence-corrected chi connectivity index (χ2v) is 7.13. The summed E-state index contributed by atoms with van der Waals surface area (Å²) in [5.74, 6) is -1.07. The molecule has 2 saturated heterocycles. The van der Waals surface area contributed by atoms with Gasteiger partial charge in [0.15, 0.2) is 0 Å². The number of rotatable bonds is 3. The number of carbonyl (C=O) groups is 1. The minimum absolute atomic E-state index is 0. The van der Waals surface area contributed by atoms with Crippen LogP contribution in [0.15, 0.2) is 18.2 Å². The van der Waals surface area contributed by atoms with Gasteiger partial charge in [-0.15, -0.1) is 12.4 Å². The minimum atomic E-state index is -0.440. The highest BCUT2D eigenvalue weighted by molar-refractivity contribution is 5.85. The van der Waals surface area contributed by atoms with Crippen molar-refractivity contribution in [3.05, 3.63) is 35.4 Å². The van der Waals surface area contributed by atoms with Gasteiger partial charge in [-0.1, -0.05) is 0 Å². The lowest BCUT2D eigenvalue weighted by atomic mass is 10.1. The van der Waals surface area contributed by atoms with Crippen molar-refractivity contribution in [2.45, 2.75) is 24.8 Å². The van der Waals surface area contributed by atoms with E-state index in [9.17, 15) is 13.6 Å². The van der Waals surface area contributed by atoms with Crippen LogP contribution in [0.2, 0.25) is 0 Å². The molecule has 3 atom stereocenters. The quantitative estimate of drug-likeness (QED) is 0.882. The van der Waals surface area contributed by atoms with Gasteiger partial charge in [0, 0.05) is 51.2 Å². The van der Waals surface area contributed by atoms with Crippen LogP contribution in [0.4, 0.5) is 8.78 Å². The summed E-state index contributed by atoms with van der Waals surface area (Å²) in [6.07, 6.45) is 1.64. The molecule has 4 rings (SSSR count). The Hall–Kier alpha value is -1.24. The predicted octanol–water partition coefficient (Wildman–Crippen LogP) is 2.00. The summed E-state index contributed by atoms with van der Waals surface area (Å²) in [6.45, 7) is 5.64. The number of amides is 1. The lowest BCUT2D eigenvalue weighted by Gasteiger charge is -2.32. The number of nitrogens with zero attached hydrogens (tertiary/aromatic N) is 2. The van der Waals surface area contributed by atoms with E-state index in [0.717, 1.165) is 57.8 Å². The average molecular weight is 372 g/mol. The summed E-state index contributed by atoms with van der Waals surface area (Å²) in [7, 11) is 0. The number of hydrogen-bond acceptors (Lipinski definition) is 3. The van der Waals surface area contributed by atoms with Gasteiger partial charge in [-0.05, 0) is 42.5 Å². The zero-order valence-electron chi connectivity index (χ0n) is 14.1. The molecule has 1 aromatic carbocycles. The minimum Gasteiger partial charge on any atom is -0.341 e. The molecule has 7 heteroatoms. The summed E-state index contributed by atoms with van der Waals surface area (Å²) in [6, 6.07) is 3.96. The maximum Gasteiger partial charge on any atom is 0.226 e. The second-order valence-electron chi connectivity index (χ2n) is 7.13. The van der Waals surface area contributed by atoms with Gasteiger partial charge in [-0.2, -0.15) is 0 Å². The van der Waals surface area contributed by atoms with Crippen molar-refractivity contribution in [2.24, 2.45) is 5.92 Å². The lowest BCUT2D eigenvalue weighted by molar-refractivity contribution is -0.131. The van der Waals surface area contributed by atoms with Crippen LogP contribution >= 0.6 is 12.4 Å². The summed E-state index contributed by atoms with van der Waals surface area (Å²) < 4.78 is 27.2. The maximum atomic E-state index is 13.9. The number of benzene rings is 1. The first-order valence-corrected chi connectivity index (χ1v) is 8.82. The Morgan fingerprint density at radius 3 is 2.68 bits per heavy atom. The molecular weight excluding hydrogens is 348 g/mol. The third-order valence-corrected chi connectivity index (χ3v) is 5.61. The van der Waals surface area contributed by atoms with Gasteiger partial charge in [0.05, 0.1) is 0 Å². The number of piperazine rings is 1. The fourth-order valence-corrected chi connectivity index (χ4v) is 4.13. The molecule has 1 aromatic rings. The number of hydrogen-bond donors (Lipinski definition) is 1. The van der Waals surface area contributed by atoms with Crippen LogP contribution in [0.25, 0.3) is 0 Å². The molecule has 2 heterocycles. The monoisotopic (exact) mass is 371 g/mol. The Labute approximate surface area is 153 Å². The molecule has 4 nitrogen and oxygen atoms in total. The van der Waals surface area contributed by atoms with Gasteiger partial charge < -0.3 is 10.2 Å². The topological polar surface area (TPSA) is 35.6 Å². The zero-order chi connectivity index (χ0) is 16.7. The summed E-state index contributed by atoms with van der Waals surface area (Å²) >= 11 is 0. The van der Waals surface area contributed by atoms with Crippen LogP contribution < -0.4 is 5.32 Å². The summed E-state index contributed by atoms with van der Waals surface area (Å²) in [5.41, 5.74) is 0.353. The van der Waals surface area contributed by atoms with Crippen LogP contribution in [0.3, 0.4) is 0 Å². The van der Waals surface area contributed by atoms with Crippen molar-refractivity contribution in [1.82, 2.24) is 15.1 Å². The Kier molecular flexibility index (Phi) is 5.61. The fraction of sp³-hybridized carbons (Fsp3) is 0.611. The average Bonchev–Trinajstić information content (AvgIpc) is 3.24. The van der Waals surface area contributed by atoms with E-state index < -0.39 is 11.6 Å². The molecule has 3 unspecified atom stereocenters. The van der Waals surface area contributed by atoms with Crippen LogP contribution in [0.1, 0.15) is 24.3 Å². The first-order valence-electron chi connectivity index (χ1n) is 8.82. The number of likely N-dealkylation sites (tertiary alicyclic amines) is 1. The molecule has 3 fully saturated rings. The molecule has 138 valence electrons. The largest absolute Gasteiger partial charge is 0.341 e. The molecule has 0 aromatic heterocycles. The molecule has 1 aliphatic carbocycles. The maximum absolute atomic E-state index is 13.9. The highest BCUT2D eigenvalue weighted by atomic mass is 35.5. The highest BCUT2D eigenvalue weighted by Crippen LogP contribution is 2.49. The molecule has 0 spiro atoms. The Morgan fingerprint density at radius 2 is 1.92 bits per heavy atom. The van der Waals surface area contributed by atoms with Crippen LogP contribution in [0, 0.1) is 17.6 Å². The highest BCUT2D eigenvalue weighted by Gasteiger charge is 2.48. The third kappa shape index (κ3) is 3.81. The molecule has 3 aliphatic rings. The molecule has 1 amide bonds. The number of halogens is 3. The predicted molar refractivity (Wildman–Crippen MR) is 93.9 cm³/mol. The standard InChI is InChI=1S/C18H23F2N3O.ClH/c19-12-1-2-17(20)15(9-12)14-10-16(14)18(24)23-6-3-13(11-23)22-7-4-21-5-8-22;/h1-2,9,13-14,16,21H,3-8,10-11H2;1H. The van der Waals surface area contributed by atoms with Crippen molar-refractivity contribution in [2.75, 3.05) is 39.3 Å². The fourth-order valence-electron chi connectivity index (χ4n) is 4.13. The van der Waals surface area contributed by atoms with E-state index >= 15 is 0 Å². The van der Waals surface area contributed by atoms with Crippen molar-refractivity contribution in [1.29, 1.82) is 0 Å². The lowest BCUT2D eigenvalue weighted by Crippen LogP contribution is -2.49. The molecule has 0 bridgehead atoms. The Bertz CT molecular complexity index is 639. The van der Waals surface area contributed by atoms with Gasteiger partial charge in [0.2, 0.25) is 5.91 Å². The first-order chi connectivity index (χ1) is 11.6. The third-order valence-electron chi connectivity index (χ3n) is 5.61. The van der Waals surface area contributed by atoms with Gasteiger partial charge in [0.25, 0.3) is 0 Å². The van der Waals surface area contributed by atoms with E-state index in [1.165, 1.54) is 6.07 Å². The van der Waals surface area contributed by atoms with E-state index in [1.807, 2.05) is 4.90 Å². The van der Waals surface area contributed by atoms with E-state index in [4.69, 9.17) is 0 Å². The smallest absolute Gasteiger partial charge is 0.226 e. The Balaban J connectivity index is 0.00000182. The Morgan fingerprint density at radius 1 is 1.16 bits per heavy atom. The molecular formula is C18H24ClF2N3O. The molecule has 25 heavy (non-hydrogen) atoms. The SMILES string of the molecule is Cl.O=C(C1CC1c1cc(F)ccc1F)N1CCC(N2CCNCC2)C1. The van der Waals surface area contributed by atoms with Gasteiger partial charge in [-0.25, -0.2) is 8.78 Å². The van der Waals surface area contributed by atoms with Crippen molar-refractivity contribution in [3.63, 3.8) is 0 Å². The molecule has 2 aliphatic heterocycles. The van der Waals surface area contributed by atoms with Crippen molar-refractivity contribution >= 4 is 18.3 Å². The van der Waals surface area contributed by atoms with E-state index in [1.54, 1.807) is 0 Å². The molecule has 1 N–H and O–H groups in total. The van der Waals surface area contributed by atoms with Crippen LogP contribution in [0.5, 0.6) is 0 Å².